The van der Waals surface area contributed by atoms with Crippen molar-refractivity contribution in [1.29, 1.82) is 0 Å². The molecule has 1 saturated heterocycles. The van der Waals surface area contributed by atoms with Gasteiger partial charge in [-0.25, -0.2) is 0 Å². The van der Waals surface area contributed by atoms with Gasteiger partial charge in [-0.1, -0.05) is 24.3 Å². The van der Waals surface area contributed by atoms with Crippen molar-refractivity contribution in [2.45, 2.75) is 6.04 Å². The van der Waals surface area contributed by atoms with Crippen LogP contribution in [0.4, 0.5) is 5.69 Å². The van der Waals surface area contributed by atoms with E-state index < -0.39 is 0 Å². The maximum absolute atomic E-state index is 12.7. The third-order valence-electron chi connectivity index (χ3n) is 5.30. The molecule has 2 aromatic rings. The van der Waals surface area contributed by atoms with Crippen molar-refractivity contribution in [2.75, 3.05) is 59.3 Å². The van der Waals surface area contributed by atoms with Gasteiger partial charge in [0.25, 0.3) is 5.91 Å². The Kier molecular flexibility index (Phi) is 6.14. The van der Waals surface area contributed by atoms with Gasteiger partial charge in [-0.2, -0.15) is 0 Å². The van der Waals surface area contributed by atoms with E-state index in [4.69, 9.17) is 0 Å². The highest BCUT2D eigenvalue weighted by Gasteiger charge is 2.22. The summed E-state index contributed by atoms with van der Waals surface area (Å²) in [6.07, 6.45) is 0. The van der Waals surface area contributed by atoms with Crippen LogP contribution in [0.15, 0.2) is 48.5 Å². The third-order valence-corrected chi connectivity index (χ3v) is 5.30. The van der Waals surface area contributed by atoms with Gasteiger partial charge in [-0.05, 0) is 49.5 Å². The Labute approximate surface area is 162 Å². The molecule has 3 rings (SSSR count). The van der Waals surface area contributed by atoms with Crippen LogP contribution in [-0.4, -0.2) is 76.1 Å². The average Bonchev–Trinajstić information content (AvgIpc) is 2.68. The van der Waals surface area contributed by atoms with Gasteiger partial charge in [-0.3, -0.25) is 9.69 Å². The van der Waals surface area contributed by atoms with Gasteiger partial charge in [0.1, 0.15) is 0 Å². The van der Waals surface area contributed by atoms with Gasteiger partial charge in [0.05, 0.1) is 0 Å². The quantitative estimate of drug-likeness (QED) is 0.882. The number of carbonyl (C=O) groups is 1. The lowest BCUT2D eigenvalue weighted by Gasteiger charge is -2.37. The summed E-state index contributed by atoms with van der Waals surface area (Å²) >= 11 is 0. The Morgan fingerprint density at radius 3 is 2.52 bits per heavy atom. The summed E-state index contributed by atoms with van der Waals surface area (Å²) in [5.41, 5.74) is 4.02. The first kappa shape index (κ1) is 19.4. The number of hydrogen-bond acceptors (Lipinski definition) is 4. The van der Waals surface area contributed by atoms with Crippen LogP contribution in [0.25, 0.3) is 11.1 Å². The summed E-state index contributed by atoms with van der Waals surface area (Å²) in [5, 5.41) is 3.11. The van der Waals surface area contributed by atoms with Gasteiger partial charge in [0, 0.05) is 57.6 Å². The Morgan fingerprint density at radius 1 is 1.07 bits per heavy atom. The lowest BCUT2D eigenvalue weighted by molar-refractivity contribution is 0.0881. The molecule has 1 aliphatic heterocycles. The molecule has 2 aromatic carbocycles. The molecule has 0 unspecified atom stereocenters. The summed E-state index contributed by atoms with van der Waals surface area (Å²) in [6, 6.07) is 16.6. The molecule has 1 N–H and O–H groups in total. The highest BCUT2D eigenvalue weighted by molar-refractivity contribution is 5.95. The Bertz CT molecular complexity index is 789. The van der Waals surface area contributed by atoms with E-state index in [-0.39, 0.29) is 5.91 Å². The van der Waals surface area contributed by atoms with Crippen LogP contribution in [0.2, 0.25) is 0 Å². The van der Waals surface area contributed by atoms with Crippen molar-refractivity contribution in [3.8, 4) is 11.1 Å². The maximum atomic E-state index is 12.7. The molecule has 0 aromatic heterocycles. The topological polar surface area (TPSA) is 38.8 Å². The molecule has 1 heterocycles. The predicted molar refractivity (Wildman–Crippen MR) is 112 cm³/mol. The number of piperazine rings is 1. The number of nitrogens with zero attached hydrogens (tertiary/aromatic N) is 3. The Hall–Kier alpha value is -2.37. The number of likely N-dealkylation sites (N-methyl/N-ethyl adjacent to an activating group) is 2. The Balaban J connectivity index is 1.69. The SMILES string of the molecule is CN1CCN(C)[C@@H](CNC(=O)c2cccc(-c3cccc(N(C)C)c3)c2)C1. The minimum absolute atomic E-state index is 0.0118. The van der Waals surface area contributed by atoms with E-state index in [9.17, 15) is 4.79 Å². The molecule has 0 bridgehead atoms. The molecule has 0 spiro atoms. The van der Waals surface area contributed by atoms with E-state index in [2.05, 4.69) is 58.4 Å². The summed E-state index contributed by atoms with van der Waals surface area (Å²) in [5.74, 6) is -0.0118. The summed E-state index contributed by atoms with van der Waals surface area (Å²) < 4.78 is 0. The number of rotatable bonds is 5. The molecule has 1 atom stereocenters. The lowest BCUT2D eigenvalue weighted by atomic mass is 10.0. The maximum Gasteiger partial charge on any atom is 0.251 e. The van der Waals surface area contributed by atoms with Gasteiger partial charge >= 0.3 is 0 Å². The highest BCUT2D eigenvalue weighted by Crippen LogP contribution is 2.24. The smallest absolute Gasteiger partial charge is 0.251 e. The molecule has 0 radical (unpaired) electrons. The monoisotopic (exact) mass is 366 g/mol. The summed E-state index contributed by atoms with van der Waals surface area (Å²) in [4.78, 5) is 19.4. The first-order chi connectivity index (χ1) is 12.9. The fraction of sp³-hybridized carbons (Fsp3) is 0.409. The van der Waals surface area contributed by atoms with Gasteiger partial charge < -0.3 is 15.1 Å². The third kappa shape index (κ3) is 4.87. The van der Waals surface area contributed by atoms with E-state index in [1.165, 1.54) is 0 Å². The zero-order valence-corrected chi connectivity index (χ0v) is 16.8. The lowest BCUT2D eigenvalue weighted by Crippen LogP contribution is -2.54. The van der Waals surface area contributed by atoms with Crippen LogP contribution in [0.5, 0.6) is 0 Å². The first-order valence-corrected chi connectivity index (χ1v) is 9.49. The van der Waals surface area contributed by atoms with Crippen LogP contribution in [0, 0.1) is 0 Å². The number of benzene rings is 2. The number of hydrogen-bond donors (Lipinski definition) is 1. The second-order valence-electron chi connectivity index (χ2n) is 7.63. The Morgan fingerprint density at radius 2 is 1.78 bits per heavy atom. The van der Waals surface area contributed by atoms with Crippen molar-refractivity contribution in [3.63, 3.8) is 0 Å². The van der Waals surface area contributed by atoms with Crippen molar-refractivity contribution < 1.29 is 4.79 Å². The molecule has 0 aliphatic carbocycles. The summed E-state index contributed by atoms with van der Waals surface area (Å²) in [7, 11) is 8.32. The zero-order chi connectivity index (χ0) is 19.4. The van der Waals surface area contributed by atoms with Crippen LogP contribution in [0.3, 0.4) is 0 Å². The molecule has 1 amide bonds. The van der Waals surface area contributed by atoms with Crippen molar-refractivity contribution in [2.24, 2.45) is 0 Å². The van der Waals surface area contributed by atoms with Crippen molar-refractivity contribution >= 4 is 11.6 Å². The molecule has 0 saturated carbocycles. The average molecular weight is 367 g/mol. The van der Waals surface area contributed by atoms with Gasteiger partial charge in [-0.15, -0.1) is 0 Å². The van der Waals surface area contributed by atoms with Crippen LogP contribution >= 0.6 is 0 Å². The van der Waals surface area contributed by atoms with E-state index in [1.807, 2.05) is 38.4 Å². The largest absolute Gasteiger partial charge is 0.378 e. The minimum Gasteiger partial charge on any atom is -0.378 e. The number of nitrogens with one attached hydrogen (secondary N) is 1. The minimum atomic E-state index is -0.0118. The molecule has 144 valence electrons. The number of anilines is 1. The normalized spacial score (nSPS) is 18.3. The molecular weight excluding hydrogens is 336 g/mol. The first-order valence-electron chi connectivity index (χ1n) is 9.49. The number of amides is 1. The fourth-order valence-electron chi connectivity index (χ4n) is 3.44. The molecule has 1 aliphatic rings. The van der Waals surface area contributed by atoms with E-state index in [1.54, 1.807) is 0 Å². The van der Waals surface area contributed by atoms with E-state index in [0.717, 1.165) is 36.4 Å². The van der Waals surface area contributed by atoms with Crippen molar-refractivity contribution in [1.82, 2.24) is 15.1 Å². The highest BCUT2D eigenvalue weighted by atomic mass is 16.1. The molecular formula is C22H30N4O. The van der Waals surface area contributed by atoms with Crippen LogP contribution in [0.1, 0.15) is 10.4 Å². The van der Waals surface area contributed by atoms with Crippen molar-refractivity contribution in [3.05, 3.63) is 54.1 Å². The van der Waals surface area contributed by atoms with Crippen LogP contribution in [-0.2, 0) is 0 Å². The second kappa shape index (κ2) is 8.55. The van der Waals surface area contributed by atoms with E-state index >= 15 is 0 Å². The standard InChI is InChI=1S/C22H30N4O/c1-24(2)20-10-6-8-18(14-20)17-7-5-9-19(13-17)22(27)23-15-21-16-25(3)11-12-26(21)4/h5-10,13-14,21H,11-12,15-16H2,1-4H3,(H,23,27)/t21-/m0/s1. The molecule has 5 heteroatoms. The summed E-state index contributed by atoms with van der Waals surface area (Å²) in [6.45, 7) is 3.76. The molecule has 1 fully saturated rings. The predicted octanol–water partition coefficient (Wildman–Crippen LogP) is 2.40. The van der Waals surface area contributed by atoms with Gasteiger partial charge in [0.2, 0.25) is 0 Å². The second-order valence-corrected chi connectivity index (χ2v) is 7.63. The molecule has 27 heavy (non-hydrogen) atoms. The number of carbonyl (C=O) groups excluding carboxylic acids is 1. The molecule has 5 nitrogen and oxygen atoms in total. The van der Waals surface area contributed by atoms with Crippen LogP contribution < -0.4 is 10.2 Å². The fourth-order valence-corrected chi connectivity index (χ4v) is 3.44. The van der Waals surface area contributed by atoms with Gasteiger partial charge in [0.15, 0.2) is 0 Å². The van der Waals surface area contributed by atoms with E-state index in [0.29, 0.717) is 18.2 Å². The zero-order valence-electron chi connectivity index (χ0n) is 16.8.